The molecule has 158 valence electrons. The standard InChI is InChI=1S/C20H15FN4O3.C2H6.2H2/c1-11-14-4-3-13(27-20-24-6-2-7-25-20)10-16(14)28-19(26)15(11)9-12-5-8-23-18(22)17(12)21;1-2;;/h2-8,10H,9H2,1H3,(H2,22,23);1-2H3;2*1H. The molecule has 30 heavy (non-hydrogen) atoms. The van der Waals surface area contributed by atoms with Crippen molar-refractivity contribution in [1.82, 2.24) is 15.0 Å². The first-order valence-electron chi connectivity index (χ1n) is 9.43. The minimum atomic E-state index is -0.631. The number of fused-ring (bicyclic) bond motifs is 1. The van der Waals surface area contributed by atoms with E-state index in [9.17, 15) is 9.18 Å². The number of anilines is 1. The average Bonchev–Trinajstić information content (AvgIpc) is 2.76. The Labute approximate surface area is 175 Å². The summed E-state index contributed by atoms with van der Waals surface area (Å²) in [5.41, 5.74) is 6.65. The Balaban J connectivity index is 0.00000125. The van der Waals surface area contributed by atoms with Gasteiger partial charge in [0.15, 0.2) is 11.6 Å². The molecule has 0 aliphatic heterocycles. The molecule has 0 radical (unpaired) electrons. The summed E-state index contributed by atoms with van der Waals surface area (Å²) in [5, 5.41) is 0.721. The average molecular weight is 412 g/mol. The van der Waals surface area contributed by atoms with Crippen molar-refractivity contribution in [2.45, 2.75) is 27.2 Å². The molecular formula is C22H25FN4O3. The molecule has 0 saturated heterocycles. The van der Waals surface area contributed by atoms with E-state index in [1.807, 2.05) is 13.8 Å². The van der Waals surface area contributed by atoms with Crippen molar-refractivity contribution in [1.29, 1.82) is 0 Å². The number of nitrogen functional groups attached to an aromatic ring is 1. The molecule has 0 bridgehead atoms. The summed E-state index contributed by atoms with van der Waals surface area (Å²) in [5.74, 6) is -0.403. The van der Waals surface area contributed by atoms with Gasteiger partial charge in [-0.15, -0.1) is 0 Å². The van der Waals surface area contributed by atoms with Crippen LogP contribution in [0, 0.1) is 12.7 Å². The summed E-state index contributed by atoms with van der Waals surface area (Å²) >= 11 is 0. The molecular weight excluding hydrogens is 387 g/mol. The van der Waals surface area contributed by atoms with Crippen LogP contribution in [0.3, 0.4) is 0 Å². The van der Waals surface area contributed by atoms with Gasteiger partial charge in [-0.2, -0.15) is 0 Å². The Hall–Kier alpha value is -3.81. The molecule has 1 aromatic carbocycles. The van der Waals surface area contributed by atoms with Gasteiger partial charge < -0.3 is 14.9 Å². The van der Waals surface area contributed by atoms with Gasteiger partial charge in [-0.25, -0.2) is 24.1 Å². The molecule has 0 fully saturated rings. The van der Waals surface area contributed by atoms with E-state index in [0.717, 1.165) is 5.39 Å². The van der Waals surface area contributed by atoms with Gasteiger partial charge in [-0.3, -0.25) is 0 Å². The summed E-state index contributed by atoms with van der Waals surface area (Å²) in [4.78, 5) is 24.2. The van der Waals surface area contributed by atoms with Crippen LogP contribution in [-0.2, 0) is 6.42 Å². The van der Waals surface area contributed by atoms with Crippen molar-refractivity contribution in [3.63, 3.8) is 0 Å². The van der Waals surface area contributed by atoms with E-state index in [1.165, 1.54) is 12.3 Å². The molecule has 0 saturated carbocycles. The zero-order valence-corrected chi connectivity index (χ0v) is 16.8. The number of aryl methyl sites for hydroxylation is 1. The highest BCUT2D eigenvalue weighted by Crippen LogP contribution is 2.27. The minimum absolute atomic E-state index is 0. The van der Waals surface area contributed by atoms with E-state index in [-0.39, 0.29) is 26.7 Å². The molecule has 0 amide bonds. The Bertz CT molecular complexity index is 1240. The highest BCUT2D eigenvalue weighted by molar-refractivity contribution is 5.82. The van der Waals surface area contributed by atoms with E-state index in [2.05, 4.69) is 15.0 Å². The highest BCUT2D eigenvalue weighted by atomic mass is 19.1. The van der Waals surface area contributed by atoms with Gasteiger partial charge in [0.05, 0.1) is 0 Å². The molecule has 4 rings (SSSR count). The molecule has 0 unspecified atom stereocenters. The summed E-state index contributed by atoms with van der Waals surface area (Å²) in [6, 6.07) is 8.44. The number of hydrogen-bond acceptors (Lipinski definition) is 7. The fourth-order valence-electron chi connectivity index (χ4n) is 2.91. The van der Waals surface area contributed by atoms with E-state index in [1.54, 1.807) is 43.6 Å². The van der Waals surface area contributed by atoms with Crippen molar-refractivity contribution in [2.75, 3.05) is 5.73 Å². The fraction of sp³-hybridized carbons (Fsp3) is 0.182. The van der Waals surface area contributed by atoms with Gasteiger partial charge >= 0.3 is 11.6 Å². The maximum Gasteiger partial charge on any atom is 0.340 e. The Morgan fingerprint density at radius 3 is 2.60 bits per heavy atom. The van der Waals surface area contributed by atoms with E-state index in [4.69, 9.17) is 14.9 Å². The Morgan fingerprint density at radius 1 is 1.13 bits per heavy atom. The van der Waals surface area contributed by atoms with Crippen LogP contribution in [0.1, 0.15) is 33.4 Å². The molecule has 4 aromatic rings. The molecule has 3 aromatic heterocycles. The van der Waals surface area contributed by atoms with Crippen molar-refractivity contribution in [2.24, 2.45) is 0 Å². The van der Waals surface area contributed by atoms with Crippen LogP contribution < -0.4 is 16.1 Å². The van der Waals surface area contributed by atoms with Crippen molar-refractivity contribution in [3.05, 3.63) is 81.9 Å². The lowest BCUT2D eigenvalue weighted by atomic mass is 10.00. The number of rotatable bonds is 4. The van der Waals surface area contributed by atoms with Crippen LogP contribution >= 0.6 is 0 Å². The smallest absolute Gasteiger partial charge is 0.340 e. The number of benzene rings is 1. The second-order valence-electron chi connectivity index (χ2n) is 6.13. The third-order valence-corrected chi connectivity index (χ3v) is 4.37. The topological polar surface area (TPSA) is 104 Å². The monoisotopic (exact) mass is 412 g/mol. The molecule has 8 heteroatoms. The Kier molecular flexibility index (Phi) is 6.36. The molecule has 0 aliphatic carbocycles. The third-order valence-electron chi connectivity index (χ3n) is 4.37. The molecule has 2 N–H and O–H groups in total. The number of nitrogens with zero attached hydrogens (tertiary/aromatic N) is 3. The first kappa shape index (κ1) is 20.9. The number of pyridine rings is 1. The molecule has 3 heterocycles. The zero-order chi connectivity index (χ0) is 21.7. The van der Waals surface area contributed by atoms with Gasteiger partial charge in [-0.1, -0.05) is 13.8 Å². The summed E-state index contributed by atoms with van der Waals surface area (Å²) < 4.78 is 25.2. The number of nitrogens with two attached hydrogens (primary N) is 1. The van der Waals surface area contributed by atoms with Gasteiger partial charge in [0.2, 0.25) is 0 Å². The highest BCUT2D eigenvalue weighted by Gasteiger charge is 2.16. The van der Waals surface area contributed by atoms with Gasteiger partial charge in [-0.05, 0) is 42.3 Å². The summed E-state index contributed by atoms with van der Waals surface area (Å²) in [6.07, 6.45) is 4.58. The van der Waals surface area contributed by atoms with Gasteiger partial charge in [0.25, 0.3) is 0 Å². The van der Waals surface area contributed by atoms with Crippen molar-refractivity contribution in [3.8, 4) is 11.8 Å². The van der Waals surface area contributed by atoms with Crippen LogP contribution in [0.25, 0.3) is 11.0 Å². The minimum Gasteiger partial charge on any atom is -0.424 e. The second kappa shape index (κ2) is 9.13. The number of hydrogen-bond donors (Lipinski definition) is 1. The van der Waals surface area contributed by atoms with E-state index < -0.39 is 11.4 Å². The van der Waals surface area contributed by atoms with Crippen molar-refractivity contribution >= 4 is 16.8 Å². The molecule has 0 aliphatic rings. The summed E-state index contributed by atoms with van der Waals surface area (Å²) in [6.45, 7) is 5.79. The molecule has 0 atom stereocenters. The van der Waals surface area contributed by atoms with Crippen molar-refractivity contribution < 1.29 is 16.4 Å². The maximum atomic E-state index is 14.2. The first-order chi connectivity index (χ1) is 14.5. The predicted octanol–water partition coefficient (Wildman–Crippen LogP) is 4.91. The molecule has 0 spiro atoms. The third kappa shape index (κ3) is 4.27. The van der Waals surface area contributed by atoms with Crippen LogP contribution in [0.4, 0.5) is 10.2 Å². The quantitative estimate of drug-likeness (QED) is 0.475. The van der Waals surface area contributed by atoms with Crippen LogP contribution in [0.15, 0.2) is 58.1 Å². The largest absolute Gasteiger partial charge is 0.424 e. The second-order valence-corrected chi connectivity index (χ2v) is 6.13. The van der Waals surface area contributed by atoms with Crippen LogP contribution in [0.2, 0.25) is 0 Å². The lowest BCUT2D eigenvalue weighted by Gasteiger charge is -2.10. The maximum absolute atomic E-state index is 14.2. The summed E-state index contributed by atoms with van der Waals surface area (Å²) in [7, 11) is 0. The SMILES string of the molecule is CC.Cc1c(Cc2ccnc(N)c2F)c(=O)oc2cc(Oc3ncccn3)ccc12.[HH].[HH]. The normalized spacial score (nSPS) is 10.4. The lowest BCUT2D eigenvalue weighted by Crippen LogP contribution is -2.12. The van der Waals surface area contributed by atoms with Crippen LogP contribution in [0.5, 0.6) is 11.8 Å². The Morgan fingerprint density at radius 2 is 1.87 bits per heavy atom. The first-order valence-corrected chi connectivity index (χ1v) is 9.43. The van der Waals surface area contributed by atoms with Gasteiger partial charge in [0, 0.05) is 44.9 Å². The van der Waals surface area contributed by atoms with Crippen LogP contribution in [-0.4, -0.2) is 15.0 Å². The number of halogens is 1. The predicted molar refractivity (Wildman–Crippen MR) is 116 cm³/mol. The number of aromatic nitrogens is 3. The fourth-order valence-corrected chi connectivity index (χ4v) is 2.91. The van der Waals surface area contributed by atoms with Gasteiger partial charge in [0.1, 0.15) is 11.3 Å². The van der Waals surface area contributed by atoms with E-state index >= 15 is 0 Å². The lowest BCUT2D eigenvalue weighted by molar-refractivity contribution is 0.440. The number of ether oxygens (including phenoxy) is 1. The molecule has 7 nitrogen and oxygen atoms in total. The zero-order valence-electron chi connectivity index (χ0n) is 16.8. The van der Waals surface area contributed by atoms with E-state index in [0.29, 0.717) is 22.5 Å².